The molecule has 202 valence electrons. The molecule has 0 bridgehead atoms. The van der Waals surface area contributed by atoms with E-state index >= 15 is 0 Å². The molecule has 0 spiro atoms. The molecule has 3 rings (SSSR count). The van der Waals surface area contributed by atoms with Gasteiger partial charge < -0.3 is 10.2 Å². The van der Waals surface area contributed by atoms with E-state index in [0.29, 0.717) is 17.3 Å². The average molecular weight is 556 g/mol. The Morgan fingerprint density at radius 3 is 2.24 bits per heavy atom. The minimum absolute atomic E-state index is 0.0680. The van der Waals surface area contributed by atoms with Crippen LogP contribution in [0.5, 0.6) is 0 Å². The number of nitrogens with one attached hydrogen (secondary N) is 1. The summed E-state index contributed by atoms with van der Waals surface area (Å²) in [6, 6.07) is 21.1. The second-order valence-corrected chi connectivity index (χ2v) is 11.9. The fraction of sp³-hybridized carbons (Fsp3) is 0.310. The Morgan fingerprint density at radius 2 is 1.61 bits per heavy atom. The highest BCUT2D eigenvalue weighted by Gasteiger charge is 2.32. The average Bonchev–Trinajstić information content (AvgIpc) is 2.88. The fourth-order valence-electron chi connectivity index (χ4n) is 3.90. The normalized spacial score (nSPS) is 12.2. The zero-order valence-electron chi connectivity index (χ0n) is 22.1. The van der Waals surface area contributed by atoms with Crippen molar-refractivity contribution in [3.8, 4) is 0 Å². The van der Waals surface area contributed by atoms with Crippen molar-refractivity contribution >= 4 is 39.1 Å². The maximum Gasteiger partial charge on any atom is 0.264 e. The van der Waals surface area contributed by atoms with E-state index in [2.05, 4.69) is 5.32 Å². The second-order valence-electron chi connectivity index (χ2n) is 9.63. The van der Waals surface area contributed by atoms with Gasteiger partial charge in [0.15, 0.2) is 0 Å². The number of carbonyl (C=O) groups is 2. The Morgan fingerprint density at radius 1 is 0.921 bits per heavy atom. The quantitative estimate of drug-likeness (QED) is 0.359. The van der Waals surface area contributed by atoms with Crippen molar-refractivity contribution in [3.05, 3.63) is 95.0 Å². The first-order valence-corrected chi connectivity index (χ1v) is 14.3. The predicted octanol–water partition coefficient (Wildman–Crippen LogP) is 5.03. The third-order valence-electron chi connectivity index (χ3n) is 5.99. The van der Waals surface area contributed by atoms with Gasteiger partial charge in [-0.15, -0.1) is 0 Å². The van der Waals surface area contributed by atoms with Gasteiger partial charge >= 0.3 is 0 Å². The number of rotatable bonds is 11. The number of aryl methyl sites for hydroxylation is 1. The highest BCUT2D eigenvalue weighted by Crippen LogP contribution is 2.25. The minimum atomic E-state index is -4.08. The summed E-state index contributed by atoms with van der Waals surface area (Å²) in [6.45, 7) is 7.51. The lowest BCUT2D eigenvalue weighted by atomic mass is 10.1. The van der Waals surface area contributed by atoms with Crippen LogP contribution in [-0.4, -0.2) is 44.3 Å². The number of sulfonamides is 1. The molecule has 0 aliphatic heterocycles. The molecule has 0 aromatic heterocycles. The molecule has 0 fully saturated rings. The second kappa shape index (κ2) is 12.9. The molecule has 1 atom stereocenters. The van der Waals surface area contributed by atoms with Crippen molar-refractivity contribution in [2.24, 2.45) is 5.92 Å². The van der Waals surface area contributed by atoms with Crippen LogP contribution in [0.4, 0.5) is 5.69 Å². The van der Waals surface area contributed by atoms with E-state index in [1.54, 1.807) is 61.5 Å². The molecule has 0 saturated heterocycles. The van der Waals surface area contributed by atoms with E-state index in [9.17, 15) is 18.0 Å². The monoisotopic (exact) mass is 555 g/mol. The first-order valence-electron chi connectivity index (χ1n) is 12.4. The van der Waals surface area contributed by atoms with Crippen LogP contribution in [-0.2, 0) is 26.2 Å². The number of anilines is 1. The molecule has 38 heavy (non-hydrogen) atoms. The molecule has 0 saturated carbocycles. The topological polar surface area (TPSA) is 86.8 Å². The van der Waals surface area contributed by atoms with Gasteiger partial charge in [0.05, 0.1) is 10.6 Å². The van der Waals surface area contributed by atoms with E-state index in [1.807, 2.05) is 32.9 Å². The summed E-state index contributed by atoms with van der Waals surface area (Å²) < 4.78 is 28.6. The number of halogens is 1. The van der Waals surface area contributed by atoms with Gasteiger partial charge in [-0.2, -0.15) is 0 Å². The standard InChI is InChI=1S/C29H34ClN3O4S/c1-21(2)18-31-29(35)23(4)32(19-24-11-9-12-25(30)17-24)28(34)20-33(26-13-8-10-22(3)16-26)38(36,37)27-14-6-5-7-15-27/h5-17,21,23H,18-20H2,1-4H3,(H,31,35)/t23-/m1/s1. The maximum atomic E-state index is 13.9. The number of amides is 2. The Labute approximate surface area is 230 Å². The van der Waals surface area contributed by atoms with Crippen LogP contribution in [0.25, 0.3) is 0 Å². The van der Waals surface area contributed by atoms with Crippen LogP contribution in [0.15, 0.2) is 83.8 Å². The summed E-state index contributed by atoms with van der Waals surface area (Å²) >= 11 is 6.17. The van der Waals surface area contributed by atoms with Gasteiger partial charge in [-0.05, 0) is 67.3 Å². The van der Waals surface area contributed by atoms with Gasteiger partial charge in [0, 0.05) is 18.1 Å². The Bertz CT molecular complexity index is 1360. The number of hydrogen-bond acceptors (Lipinski definition) is 4. The maximum absolute atomic E-state index is 13.9. The van der Waals surface area contributed by atoms with Crippen molar-refractivity contribution in [1.82, 2.24) is 10.2 Å². The van der Waals surface area contributed by atoms with Crippen LogP contribution in [0.1, 0.15) is 31.9 Å². The third-order valence-corrected chi connectivity index (χ3v) is 8.02. The zero-order valence-corrected chi connectivity index (χ0v) is 23.7. The minimum Gasteiger partial charge on any atom is -0.354 e. The summed E-state index contributed by atoms with van der Waals surface area (Å²) in [4.78, 5) is 28.3. The van der Waals surface area contributed by atoms with E-state index in [1.165, 1.54) is 17.0 Å². The van der Waals surface area contributed by atoms with E-state index in [0.717, 1.165) is 15.4 Å². The summed E-state index contributed by atoms with van der Waals surface area (Å²) in [6.07, 6.45) is 0. The SMILES string of the molecule is Cc1cccc(N(CC(=O)N(Cc2cccc(Cl)c2)[C@H](C)C(=O)NCC(C)C)S(=O)(=O)c2ccccc2)c1. The van der Waals surface area contributed by atoms with Crippen LogP contribution < -0.4 is 9.62 Å². The molecule has 0 aliphatic rings. The lowest BCUT2D eigenvalue weighted by molar-refractivity contribution is -0.139. The first-order chi connectivity index (χ1) is 18.0. The largest absolute Gasteiger partial charge is 0.354 e. The van der Waals surface area contributed by atoms with Crippen LogP contribution in [0.3, 0.4) is 0 Å². The Hall–Kier alpha value is -3.36. The van der Waals surface area contributed by atoms with Crippen molar-refractivity contribution in [3.63, 3.8) is 0 Å². The van der Waals surface area contributed by atoms with Crippen LogP contribution in [0.2, 0.25) is 5.02 Å². The van der Waals surface area contributed by atoms with Gasteiger partial charge in [0.2, 0.25) is 11.8 Å². The zero-order chi connectivity index (χ0) is 27.9. The predicted molar refractivity (Wildman–Crippen MR) is 151 cm³/mol. The molecule has 0 heterocycles. The van der Waals surface area contributed by atoms with Gasteiger partial charge in [-0.3, -0.25) is 13.9 Å². The highest BCUT2D eigenvalue weighted by atomic mass is 35.5. The summed E-state index contributed by atoms with van der Waals surface area (Å²) in [5.74, 6) is -0.601. The number of benzene rings is 3. The molecule has 0 unspecified atom stereocenters. The van der Waals surface area contributed by atoms with Crippen LogP contribution >= 0.6 is 11.6 Å². The Kier molecular flexibility index (Phi) is 9.94. The number of hydrogen-bond donors (Lipinski definition) is 1. The van der Waals surface area contributed by atoms with Gasteiger partial charge in [0.25, 0.3) is 10.0 Å². The molecule has 0 radical (unpaired) electrons. The van der Waals surface area contributed by atoms with Crippen LogP contribution in [0, 0.1) is 12.8 Å². The molecule has 7 nitrogen and oxygen atoms in total. The summed E-state index contributed by atoms with van der Waals surface area (Å²) in [5.41, 5.74) is 1.93. The molecule has 0 aliphatic carbocycles. The van der Waals surface area contributed by atoms with E-state index in [-0.39, 0.29) is 23.3 Å². The lowest BCUT2D eigenvalue weighted by Crippen LogP contribution is -2.51. The number of carbonyl (C=O) groups excluding carboxylic acids is 2. The van der Waals surface area contributed by atoms with Gasteiger partial charge in [-0.25, -0.2) is 8.42 Å². The molecule has 3 aromatic rings. The highest BCUT2D eigenvalue weighted by molar-refractivity contribution is 7.92. The smallest absolute Gasteiger partial charge is 0.264 e. The van der Waals surface area contributed by atoms with E-state index in [4.69, 9.17) is 11.6 Å². The fourth-order valence-corrected chi connectivity index (χ4v) is 5.54. The van der Waals surface area contributed by atoms with Crippen molar-refractivity contribution in [2.75, 3.05) is 17.4 Å². The summed E-state index contributed by atoms with van der Waals surface area (Å²) in [7, 11) is -4.08. The summed E-state index contributed by atoms with van der Waals surface area (Å²) in [5, 5.41) is 3.37. The number of nitrogens with zero attached hydrogens (tertiary/aromatic N) is 2. The van der Waals surface area contributed by atoms with Gasteiger partial charge in [-0.1, -0.05) is 67.9 Å². The first kappa shape index (κ1) is 29.2. The van der Waals surface area contributed by atoms with Crippen molar-refractivity contribution < 1.29 is 18.0 Å². The molecular weight excluding hydrogens is 522 g/mol. The van der Waals surface area contributed by atoms with Gasteiger partial charge in [0.1, 0.15) is 12.6 Å². The third kappa shape index (κ3) is 7.58. The van der Waals surface area contributed by atoms with Crippen molar-refractivity contribution in [2.45, 2.75) is 45.2 Å². The molecule has 9 heteroatoms. The molecular formula is C29H34ClN3O4S. The van der Waals surface area contributed by atoms with E-state index < -0.39 is 28.5 Å². The lowest BCUT2D eigenvalue weighted by Gasteiger charge is -2.32. The molecule has 2 amide bonds. The molecule has 3 aromatic carbocycles. The van der Waals surface area contributed by atoms with Crippen molar-refractivity contribution in [1.29, 1.82) is 0 Å². The molecule has 1 N–H and O–H groups in total. The Balaban J connectivity index is 2.00.